The zero-order valence-corrected chi connectivity index (χ0v) is 12.5. The average Bonchev–Trinajstić information content (AvgIpc) is 2.16. The van der Waals surface area contributed by atoms with E-state index in [9.17, 15) is 10.1 Å². The van der Waals surface area contributed by atoms with Gasteiger partial charge in [0.2, 0.25) is 0 Å². The Bertz CT molecular complexity index is 381. The summed E-state index contributed by atoms with van der Waals surface area (Å²) in [5.74, 6) is 0. The van der Waals surface area contributed by atoms with E-state index >= 15 is 0 Å². The zero-order chi connectivity index (χ0) is 11.6. The van der Waals surface area contributed by atoms with E-state index in [2.05, 4.69) is 47.8 Å². The lowest BCUT2D eigenvalue weighted by Crippen LogP contribution is -2.31. The Morgan fingerprint density at radius 2 is 2.13 bits per heavy atom. The average molecular weight is 402 g/mol. The van der Waals surface area contributed by atoms with Gasteiger partial charge < -0.3 is 0 Å². The molecule has 0 aromatic heterocycles. The van der Waals surface area contributed by atoms with E-state index in [0.717, 1.165) is 10.0 Å². The molecule has 0 saturated heterocycles. The number of rotatable bonds is 3. The Labute approximate surface area is 113 Å². The smallest absolute Gasteiger partial charge is 0.263 e. The predicted octanol–water partition coefficient (Wildman–Crippen LogP) is 4.27. The SMILES string of the molecule is C[C@@](Br)([C@H](Br)c1cccc(Br)c1)[N+](=O)[O-]. The van der Waals surface area contributed by atoms with E-state index in [1.54, 1.807) is 0 Å². The van der Waals surface area contributed by atoms with Crippen LogP contribution in [-0.2, 0) is 0 Å². The number of alkyl halides is 2. The van der Waals surface area contributed by atoms with Crippen LogP contribution in [0.15, 0.2) is 28.7 Å². The Kier molecular flexibility index (Phi) is 4.31. The number of hydrogen-bond donors (Lipinski definition) is 0. The lowest BCUT2D eigenvalue weighted by atomic mass is 10.1. The monoisotopic (exact) mass is 399 g/mol. The van der Waals surface area contributed by atoms with Crippen LogP contribution in [-0.4, -0.2) is 9.37 Å². The molecule has 82 valence electrons. The minimum Gasteiger partial charge on any atom is -0.263 e. The first-order valence-electron chi connectivity index (χ1n) is 4.08. The van der Waals surface area contributed by atoms with E-state index < -0.39 is 9.28 Å². The lowest BCUT2D eigenvalue weighted by Gasteiger charge is -2.20. The van der Waals surface area contributed by atoms with Gasteiger partial charge in [-0.15, -0.1) is 0 Å². The Hall–Kier alpha value is 0.0600. The molecule has 1 aromatic carbocycles. The number of benzene rings is 1. The van der Waals surface area contributed by atoms with Crippen LogP contribution in [0, 0.1) is 10.1 Å². The maximum Gasteiger partial charge on any atom is 0.288 e. The summed E-state index contributed by atoms with van der Waals surface area (Å²) in [5.41, 5.74) is 0.848. The summed E-state index contributed by atoms with van der Waals surface area (Å²) >= 11 is 9.77. The third-order valence-electron chi connectivity index (χ3n) is 1.96. The standard InChI is InChI=1S/C9H8Br3NO2/c1-9(12,13(14)15)8(11)6-3-2-4-7(10)5-6/h2-5,8H,1H3/t8-,9+/m1/s1. The van der Waals surface area contributed by atoms with Crippen LogP contribution in [0.5, 0.6) is 0 Å². The van der Waals surface area contributed by atoms with Gasteiger partial charge in [-0.2, -0.15) is 0 Å². The van der Waals surface area contributed by atoms with Crippen molar-refractivity contribution >= 4 is 47.8 Å². The van der Waals surface area contributed by atoms with Gasteiger partial charge in [-0.1, -0.05) is 44.0 Å². The van der Waals surface area contributed by atoms with E-state index in [0.29, 0.717) is 0 Å². The molecular weight excluding hydrogens is 394 g/mol. The third kappa shape index (κ3) is 3.01. The molecule has 3 nitrogen and oxygen atoms in total. The molecule has 2 atom stereocenters. The molecule has 0 spiro atoms. The van der Waals surface area contributed by atoms with Crippen molar-refractivity contribution in [3.05, 3.63) is 44.4 Å². The summed E-state index contributed by atoms with van der Waals surface area (Å²) < 4.78 is -0.315. The molecule has 0 radical (unpaired) electrons. The molecule has 0 aliphatic heterocycles. The summed E-state index contributed by atoms with van der Waals surface area (Å²) in [6.45, 7) is 1.52. The second-order valence-electron chi connectivity index (χ2n) is 3.20. The van der Waals surface area contributed by atoms with Gasteiger partial charge in [0.05, 0.1) is 0 Å². The molecule has 15 heavy (non-hydrogen) atoms. The highest BCUT2D eigenvalue weighted by molar-refractivity contribution is 9.12. The molecule has 0 unspecified atom stereocenters. The van der Waals surface area contributed by atoms with Crippen molar-refractivity contribution < 1.29 is 4.92 Å². The van der Waals surface area contributed by atoms with Crippen LogP contribution in [0.25, 0.3) is 0 Å². The summed E-state index contributed by atoms with van der Waals surface area (Å²) in [7, 11) is 0. The van der Waals surface area contributed by atoms with Gasteiger partial charge in [0.1, 0.15) is 4.83 Å². The van der Waals surface area contributed by atoms with Gasteiger partial charge in [0, 0.05) is 32.2 Å². The van der Waals surface area contributed by atoms with Crippen molar-refractivity contribution in [1.29, 1.82) is 0 Å². The second kappa shape index (κ2) is 4.93. The van der Waals surface area contributed by atoms with Crippen LogP contribution in [0.1, 0.15) is 17.3 Å². The van der Waals surface area contributed by atoms with Crippen molar-refractivity contribution in [3.63, 3.8) is 0 Å². The third-order valence-corrected chi connectivity index (χ3v) is 5.24. The molecule has 0 amide bonds. The van der Waals surface area contributed by atoms with Crippen LogP contribution < -0.4 is 0 Å². The fraction of sp³-hybridized carbons (Fsp3) is 0.333. The van der Waals surface area contributed by atoms with Gasteiger partial charge in [-0.25, -0.2) is 0 Å². The van der Waals surface area contributed by atoms with E-state index in [1.807, 2.05) is 24.3 Å². The Morgan fingerprint density at radius 3 is 2.60 bits per heavy atom. The summed E-state index contributed by atoms with van der Waals surface area (Å²) in [6.07, 6.45) is 0. The first-order chi connectivity index (χ1) is 6.85. The van der Waals surface area contributed by atoms with E-state index in [-0.39, 0.29) is 4.92 Å². The van der Waals surface area contributed by atoms with Gasteiger partial charge in [0.25, 0.3) is 4.45 Å². The number of nitrogens with zero attached hydrogens (tertiary/aromatic N) is 1. The van der Waals surface area contributed by atoms with Crippen LogP contribution in [0.2, 0.25) is 0 Å². The number of halogens is 3. The van der Waals surface area contributed by atoms with E-state index in [4.69, 9.17) is 0 Å². The minimum absolute atomic E-state index is 0.354. The highest BCUT2D eigenvalue weighted by Gasteiger charge is 2.42. The molecule has 0 saturated carbocycles. The van der Waals surface area contributed by atoms with Gasteiger partial charge in [-0.3, -0.25) is 10.1 Å². The largest absolute Gasteiger partial charge is 0.288 e. The maximum atomic E-state index is 10.8. The van der Waals surface area contributed by atoms with Crippen molar-refractivity contribution in [2.75, 3.05) is 0 Å². The highest BCUT2D eigenvalue weighted by atomic mass is 79.9. The summed E-state index contributed by atoms with van der Waals surface area (Å²) in [4.78, 5) is 10.1. The molecule has 0 aliphatic rings. The van der Waals surface area contributed by atoms with Crippen LogP contribution >= 0.6 is 47.8 Å². The Balaban J connectivity index is 3.04. The van der Waals surface area contributed by atoms with Crippen LogP contribution in [0.3, 0.4) is 0 Å². The molecule has 0 fully saturated rings. The molecule has 0 N–H and O–H groups in total. The molecule has 1 rings (SSSR count). The molecule has 0 heterocycles. The number of nitro groups is 1. The summed E-state index contributed by atoms with van der Waals surface area (Å²) in [5, 5.41) is 10.8. The summed E-state index contributed by atoms with van der Waals surface area (Å²) in [6, 6.07) is 7.41. The quantitative estimate of drug-likeness (QED) is 0.328. The van der Waals surface area contributed by atoms with Gasteiger partial charge in [-0.05, 0) is 17.7 Å². The van der Waals surface area contributed by atoms with Crippen molar-refractivity contribution in [1.82, 2.24) is 0 Å². The normalized spacial score (nSPS) is 16.8. The molecule has 0 bridgehead atoms. The highest BCUT2D eigenvalue weighted by Crippen LogP contribution is 2.41. The van der Waals surface area contributed by atoms with Crippen molar-refractivity contribution in [2.45, 2.75) is 16.2 Å². The maximum absolute atomic E-state index is 10.8. The fourth-order valence-corrected chi connectivity index (χ4v) is 2.19. The minimum atomic E-state index is -1.21. The topological polar surface area (TPSA) is 43.1 Å². The van der Waals surface area contributed by atoms with Crippen molar-refractivity contribution in [3.8, 4) is 0 Å². The van der Waals surface area contributed by atoms with Gasteiger partial charge in [0.15, 0.2) is 0 Å². The number of hydrogen-bond acceptors (Lipinski definition) is 2. The lowest BCUT2D eigenvalue weighted by molar-refractivity contribution is -0.530. The molecule has 6 heteroatoms. The van der Waals surface area contributed by atoms with Crippen LogP contribution in [0.4, 0.5) is 0 Å². The first kappa shape index (κ1) is 13.1. The molecule has 0 aliphatic carbocycles. The Morgan fingerprint density at radius 1 is 1.53 bits per heavy atom. The van der Waals surface area contributed by atoms with E-state index in [1.165, 1.54) is 6.92 Å². The first-order valence-corrected chi connectivity index (χ1v) is 6.59. The molecular formula is C9H8Br3NO2. The zero-order valence-electron chi connectivity index (χ0n) is 7.78. The van der Waals surface area contributed by atoms with Gasteiger partial charge >= 0.3 is 0 Å². The predicted molar refractivity (Wildman–Crippen MR) is 70.1 cm³/mol. The second-order valence-corrected chi connectivity index (χ2v) is 6.64. The van der Waals surface area contributed by atoms with Crippen molar-refractivity contribution in [2.24, 2.45) is 0 Å². The fourth-order valence-electron chi connectivity index (χ4n) is 1.06. The molecule has 1 aromatic rings.